The molecule has 0 unspecified atom stereocenters. The van der Waals surface area contributed by atoms with Gasteiger partial charge in [0.15, 0.2) is 0 Å². The van der Waals surface area contributed by atoms with Crippen LogP contribution in [0.4, 0.5) is 0 Å². The lowest BCUT2D eigenvalue weighted by molar-refractivity contribution is -0.152. The maximum atomic E-state index is 12.5. The molecule has 4 heteroatoms. The number of hydrogen-bond donors (Lipinski definition) is 0. The predicted octanol–water partition coefficient (Wildman–Crippen LogP) is 1.98. The SMILES string of the molecule is CN1CCC2(CC1)OCCN2C(=O)/C=C/c1ccccc1. The van der Waals surface area contributed by atoms with Crippen LogP contribution in [-0.4, -0.2) is 54.7 Å². The summed E-state index contributed by atoms with van der Waals surface area (Å²) in [4.78, 5) is 16.7. The van der Waals surface area contributed by atoms with Gasteiger partial charge in [0.2, 0.25) is 5.91 Å². The van der Waals surface area contributed by atoms with E-state index in [1.807, 2.05) is 41.3 Å². The maximum Gasteiger partial charge on any atom is 0.248 e. The molecule has 0 bridgehead atoms. The molecule has 2 aliphatic heterocycles. The lowest BCUT2D eigenvalue weighted by Gasteiger charge is -2.42. The Hall–Kier alpha value is -1.65. The molecule has 1 aromatic carbocycles. The third-order valence-corrected chi connectivity index (χ3v) is 4.43. The monoisotopic (exact) mass is 286 g/mol. The first-order valence-electron chi connectivity index (χ1n) is 7.57. The van der Waals surface area contributed by atoms with Gasteiger partial charge in [-0.3, -0.25) is 4.79 Å². The third-order valence-electron chi connectivity index (χ3n) is 4.43. The van der Waals surface area contributed by atoms with Gasteiger partial charge in [0, 0.05) is 38.6 Å². The fourth-order valence-electron chi connectivity index (χ4n) is 3.12. The van der Waals surface area contributed by atoms with Gasteiger partial charge in [-0.05, 0) is 18.7 Å². The first kappa shape index (κ1) is 14.3. The Bertz CT molecular complexity index is 519. The molecule has 0 atom stereocenters. The van der Waals surface area contributed by atoms with Gasteiger partial charge in [0.05, 0.1) is 6.61 Å². The summed E-state index contributed by atoms with van der Waals surface area (Å²) in [5, 5.41) is 0. The second-order valence-corrected chi connectivity index (χ2v) is 5.83. The molecule has 3 rings (SSSR count). The van der Waals surface area contributed by atoms with E-state index in [1.54, 1.807) is 6.08 Å². The van der Waals surface area contributed by atoms with Crippen LogP contribution in [0.25, 0.3) is 6.08 Å². The van der Waals surface area contributed by atoms with E-state index in [9.17, 15) is 4.79 Å². The van der Waals surface area contributed by atoms with Crippen molar-refractivity contribution in [3.05, 3.63) is 42.0 Å². The van der Waals surface area contributed by atoms with Crippen LogP contribution in [0.5, 0.6) is 0 Å². The molecule has 21 heavy (non-hydrogen) atoms. The number of rotatable bonds is 2. The van der Waals surface area contributed by atoms with Crippen molar-refractivity contribution in [1.82, 2.24) is 9.80 Å². The Labute approximate surface area is 126 Å². The van der Waals surface area contributed by atoms with Crippen LogP contribution in [-0.2, 0) is 9.53 Å². The van der Waals surface area contributed by atoms with Crippen LogP contribution < -0.4 is 0 Å². The number of amides is 1. The van der Waals surface area contributed by atoms with E-state index in [4.69, 9.17) is 4.74 Å². The van der Waals surface area contributed by atoms with Gasteiger partial charge in [-0.15, -0.1) is 0 Å². The van der Waals surface area contributed by atoms with Crippen molar-refractivity contribution in [3.63, 3.8) is 0 Å². The fraction of sp³-hybridized carbons (Fsp3) is 0.471. The molecule has 2 fully saturated rings. The van der Waals surface area contributed by atoms with Gasteiger partial charge >= 0.3 is 0 Å². The van der Waals surface area contributed by atoms with E-state index in [2.05, 4.69) is 11.9 Å². The van der Waals surface area contributed by atoms with E-state index < -0.39 is 0 Å². The van der Waals surface area contributed by atoms with Crippen LogP contribution in [0.2, 0.25) is 0 Å². The average molecular weight is 286 g/mol. The summed E-state index contributed by atoms with van der Waals surface area (Å²) in [5.74, 6) is 0.0564. The van der Waals surface area contributed by atoms with E-state index in [-0.39, 0.29) is 11.6 Å². The van der Waals surface area contributed by atoms with E-state index in [1.165, 1.54) is 0 Å². The number of ether oxygens (including phenoxy) is 1. The Balaban J connectivity index is 1.70. The minimum absolute atomic E-state index is 0.0564. The van der Waals surface area contributed by atoms with Crippen molar-refractivity contribution in [1.29, 1.82) is 0 Å². The number of carbonyl (C=O) groups is 1. The average Bonchev–Trinajstić information content (AvgIpc) is 2.93. The highest BCUT2D eigenvalue weighted by Gasteiger charge is 2.45. The zero-order valence-electron chi connectivity index (χ0n) is 12.5. The topological polar surface area (TPSA) is 32.8 Å². The number of piperidine rings is 1. The number of hydrogen-bond acceptors (Lipinski definition) is 3. The second-order valence-electron chi connectivity index (χ2n) is 5.83. The number of carbonyl (C=O) groups excluding carboxylic acids is 1. The Morgan fingerprint density at radius 3 is 2.62 bits per heavy atom. The molecular formula is C17H22N2O2. The highest BCUT2D eigenvalue weighted by molar-refractivity contribution is 5.92. The predicted molar refractivity (Wildman–Crippen MR) is 82.6 cm³/mol. The van der Waals surface area contributed by atoms with Gasteiger partial charge in [0.25, 0.3) is 0 Å². The molecule has 2 aliphatic rings. The molecule has 1 aromatic rings. The summed E-state index contributed by atoms with van der Waals surface area (Å²) in [6.45, 7) is 3.30. The minimum atomic E-state index is -0.370. The molecule has 0 radical (unpaired) electrons. The molecule has 1 spiro atoms. The van der Waals surface area contributed by atoms with Crippen molar-refractivity contribution < 1.29 is 9.53 Å². The largest absolute Gasteiger partial charge is 0.354 e. The highest BCUT2D eigenvalue weighted by Crippen LogP contribution is 2.34. The Morgan fingerprint density at radius 1 is 1.19 bits per heavy atom. The third kappa shape index (κ3) is 3.01. The summed E-state index contributed by atoms with van der Waals surface area (Å²) in [6.07, 6.45) is 5.34. The molecule has 2 saturated heterocycles. The molecule has 2 heterocycles. The van der Waals surface area contributed by atoms with Gasteiger partial charge in [-0.25, -0.2) is 0 Å². The molecule has 0 N–H and O–H groups in total. The molecule has 1 amide bonds. The van der Waals surface area contributed by atoms with Crippen molar-refractivity contribution >= 4 is 12.0 Å². The number of nitrogens with zero attached hydrogens (tertiary/aromatic N) is 2. The summed E-state index contributed by atoms with van der Waals surface area (Å²) >= 11 is 0. The molecule has 112 valence electrons. The number of benzene rings is 1. The van der Waals surface area contributed by atoms with Gasteiger partial charge < -0.3 is 14.5 Å². The van der Waals surface area contributed by atoms with Crippen molar-refractivity contribution in [2.45, 2.75) is 18.6 Å². The fourth-order valence-corrected chi connectivity index (χ4v) is 3.12. The molecule has 4 nitrogen and oxygen atoms in total. The quantitative estimate of drug-likeness (QED) is 0.779. The summed E-state index contributed by atoms with van der Waals surface area (Å²) in [5.41, 5.74) is 0.674. The van der Waals surface area contributed by atoms with Crippen molar-refractivity contribution in [2.24, 2.45) is 0 Å². The number of likely N-dealkylation sites (tertiary alicyclic amines) is 1. The zero-order chi connectivity index (χ0) is 14.7. The first-order chi connectivity index (χ1) is 10.2. The molecular weight excluding hydrogens is 264 g/mol. The van der Waals surface area contributed by atoms with Gasteiger partial charge in [0.1, 0.15) is 5.72 Å². The zero-order valence-corrected chi connectivity index (χ0v) is 12.5. The molecule has 0 aromatic heterocycles. The standard InChI is InChI=1S/C17H22N2O2/c1-18-11-9-17(10-12-18)19(13-14-21-17)16(20)8-7-15-5-3-2-4-6-15/h2-8H,9-14H2,1H3/b8-7+. The van der Waals surface area contributed by atoms with E-state index in [0.717, 1.165) is 31.5 Å². The smallest absolute Gasteiger partial charge is 0.248 e. The minimum Gasteiger partial charge on any atom is -0.354 e. The van der Waals surface area contributed by atoms with Crippen LogP contribution >= 0.6 is 0 Å². The summed E-state index contributed by atoms with van der Waals surface area (Å²) in [7, 11) is 2.11. The first-order valence-corrected chi connectivity index (χ1v) is 7.57. The van der Waals surface area contributed by atoms with E-state index in [0.29, 0.717) is 13.2 Å². The molecule has 0 saturated carbocycles. The lowest BCUT2D eigenvalue weighted by atomic mass is 9.99. The van der Waals surface area contributed by atoms with Gasteiger partial charge in [-0.2, -0.15) is 0 Å². The summed E-state index contributed by atoms with van der Waals surface area (Å²) < 4.78 is 5.96. The van der Waals surface area contributed by atoms with Crippen LogP contribution in [0, 0.1) is 0 Å². The Morgan fingerprint density at radius 2 is 1.90 bits per heavy atom. The Kier molecular flexibility index (Phi) is 4.08. The van der Waals surface area contributed by atoms with Crippen LogP contribution in [0.15, 0.2) is 36.4 Å². The van der Waals surface area contributed by atoms with Crippen molar-refractivity contribution in [3.8, 4) is 0 Å². The van der Waals surface area contributed by atoms with Gasteiger partial charge in [-0.1, -0.05) is 30.3 Å². The lowest BCUT2D eigenvalue weighted by Crippen LogP contribution is -2.53. The van der Waals surface area contributed by atoms with Crippen LogP contribution in [0.3, 0.4) is 0 Å². The molecule has 0 aliphatic carbocycles. The second kappa shape index (κ2) is 6.00. The normalized spacial score (nSPS) is 22.2. The van der Waals surface area contributed by atoms with E-state index >= 15 is 0 Å². The summed E-state index contributed by atoms with van der Waals surface area (Å²) in [6, 6.07) is 9.91. The maximum absolute atomic E-state index is 12.5. The van der Waals surface area contributed by atoms with Crippen molar-refractivity contribution in [2.75, 3.05) is 33.3 Å². The van der Waals surface area contributed by atoms with Crippen LogP contribution in [0.1, 0.15) is 18.4 Å². The highest BCUT2D eigenvalue weighted by atomic mass is 16.5.